The number of aromatic nitrogens is 1. The van der Waals surface area contributed by atoms with Crippen molar-refractivity contribution in [2.45, 2.75) is 39.3 Å². The third kappa shape index (κ3) is 4.18. The number of nitrogens with zero attached hydrogens (tertiary/aromatic N) is 2. The molecule has 1 aliphatic heterocycles. The molecule has 3 rings (SSSR count). The van der Waals surface area contributed by atoms with E-state index in [1.54, 1.807) is 22.6 Å². The Morgan fingerprint density at radius 1 is 1.19 bits per heavy atom. The highest BCUT2D eigenvalue weighted by Gasteiger charge is 2.27. The number of hydrogen-bond acceptors (Lipinski definition) is 4. The Morgan fingerprint density at radius 2 is 1.93 bits per heavy atom. The van der Waals surface area contributed by atoms with Gasteiger partial charge in [-0.1, -0.05) is 15.9 Å². The van der Waals surface area contributed by atoms with Gasteiger partial charge in [-0.05, 0) is 50.6 Å². The molecule has 1 aliphatic rings. The zero-order valence-corrected chi connectivity index (χ0v) is 17.5. The third-order valence-corrected chi connectivity index (χ3v) is 4.80. The van der Waals surface area contributed by atoms with Gasteiger partial charge in [-0.15, -0.1) is 0 Å². The summed E-state index contributed by atoms with van der Waals surface area (Å²) >= 11 is 3.43. The van der Waals surface area contributed by atoms with Crippen molar-refractivity contribution < 1.29 is 14.3 Å². The first kappa shape index (κ1) is 19.5. The van der Waals surface area contributed by atoms with E-state index >= 15 is 0 Å². The lowest BCUT2D eigenvalue weighted by Gasteiger charge is -2.32. The summed E-state index contributed by atoms with van der Waals surface area (Å²) in [6.07, 6.45) is 0.219. The van der Waals surface area contributed by atoms with E-state index in [1.807, 2.05) is 39.0 Å². The molecule has 0 bridgehead atoms. The molecule has 0 spiro atoms. The van der Waals surface area contributed by atoms with E-state index in [2.05, 4.69) is 15.9 Å². The number of ether oxygens (including phenoxy) is 2. The lowest BCUT2D eigenvalue weighted by Crippen LogP contribution is -2.41. The van der Waals surface area contributed by atoms with Crippen LogP contribution in [-0.2, 0) is 17.7 Å². The number of halogens is 1. The fourth-order valence-corrected chi connectivity index (χ4v) is 3.48. The van der Waals surface area contributed by atoms with E-state index in [1.165, 1.54) is 6.07 Å². The number of carbonyl (C=O) groups is 1. The predicted octanol–water partition coefficient (Wildman–Crippen LogP) is 3.90. The van der Waals surface area contributed by atoms with Gasteiger partial charge < -0.3 is 14.4 Å². The Balaban J connectivity index is 1.99. The van der Waals surface area contributed by atoms with Gasteiger partial charge in [0.05, 0.1) is 19.3 Å². The molecule has 144 valence electrons. The molecule has 7 heteroatoms. The quantitative estimate of drug-likeness (QED) is 0.718. The minimum atomic E-state index is -0.541. The van der Waals surface area contributed by atoms with Gasteiger partial charge in [-0.3, -0.25) is 9.36 Å². The zero-order chi connectivity index (χ0) is 19.8. The third-order valence-electron chi connectivity index (χ3n) is 4.30. The maximum atomic E-state index is 12.6. The lowest BCUT2D eigenvalue weighted by atomic mass is 10.0. The molecule has 0 unspecified atom stereocenters. The second-order valence-corrected chi connectivity index (χ2v) is 8.36. The molecule has 0 radical (unpaired) electrons. The number of benzene rings is 1. The standard InChI is InChI=1S/C20H23BrN2O4/c1-20(2,3)27-19(25)22-10-9-15-13(12-22)5-8-18(24)23(15)16-7-6-14(21)11-17(16)26-4/h5-8,11H,9-10,12H2,1-4H3. The summed E-state index contributed by atoms with van der Waals surface area (Å²) in [6.45, 7) is 6.44. The van der Waals surface area contributed by atoms with Crippen molar-refractivity contribution in [2.24, 2.45) is 0 Å². The first-order valence-corrected chi connectivity index (χ1v) is 9.54. The number of rotatable bonds is 2. The summed E-state index contributed by atoms with van der Waals surface area (Å²) in [5, 5.41) is 0. The van der Waals surface area contributed by atoms with Crippen LogP contribution in [0, 0.1) is 0 Å². The van der Waals surface area contributed by atoms with Crippen molar-refractivity contribution in [3.8, 4) is 11.4 Å². The maximum Gasteiger partial charge on any atom is 0.410 e. The van der Waals surface area contributed by atoms with Crippen LogP contribution in [0.1, 0.15) is 32.0 Å². The number of pyridine rings is 1. The average molecular weight is 435 g/mol. The minimum absolute atomic E-state index is 0.125. The van der Waals surface area contributed by atoms with E-state index < -0.39 is 5.60 Å². The van der Waals surface area contributed by atoms with Crippen LogP contribution in [0.15, 0.2) is 39.6 Å². The zero-order valence-electron chi connectivity index (χ0n) is 15.9. The maximum absolute atomic E-state index is 12.6. The average Bonchev–Trinajstić information content (AvgIpc) is 2.60. The van der Waals surface area contributed by atoms with Gasteiger partial charge in [0.2, 0.25) is 0 Å². The largest absolute Gasteiger partial charge is 0.495 e. The van der Waals surface area contributed by atoms with Gasteiger partial charge in [0.15, 0.2) is 0 Å². The van der Waals surface area contributed by atoms with Crippen molar-refractivity contribution in [2.75, 3.05) is 13.7 Å². The van der Waals surface area contributed by atoms with Crippen LogP contribution in [0.4, 0.5) is 4.79 Å². The van der Waals surface area contributed by atoms with Crippen LogP contribution in [0.25, 0.3) is 5.69 Å². The number of fused-ring (bicyclic) bond motifs is 1. The smallest absolute Gasteiger partial charge is 0.410 e. The minimum Gasteiger partial charge on any atom is -0.495 e. The van der Waals surface area contributed by atoms with Gasteiger partial charge in [0.25, 0.3) is 5.56 Å². The number of amides is 1. The molecule has 0 aliphatic carbocycles. The molecule has 1 aromatic carbocycles. The molecule has 0 atom stereocenters. The second-order valence-electron chi connectivity index (χ2n) is 7.45. The fraction of sp³-hybridized carbons (Fsp3) is 0.400. The van der Waals surface area contributed by atoms with E-state index in [-0.39, 0.29) is 11.7 Å². The molecule has 1 amide bonds. The Hall–Kier alpha value is -2.28. The topological polar surface area (TPSA) is 60.8 Å². The molecule has 0 fully saturated rings. The van der Waals surface area contributed by atoms with Crippen molar-refractivity contribution in [3.05, 3.63) is 56.4 Å². The highest BCUT2D eigenvalue weighted by molar-refractivity contribution is 9.10. The molecular formula is C20H23BrN2O4. The number of hydrogen-bond donors (Lipinski definition) is 0. The van der Waals surface area contributed by atoms with Crippen LogP contribution in [0.2, 0.25) is 0 Å². The fourth-order valence-electron chi connectivity index (χ4n) is 3.14. The molecular weight excluding hydrogens is 412 g/mol. The first-order chi connectivity index (χ1) is 12.7. The molecule has 0 N–H and O–H groups in total. The monoisotopic (exact) mass is 434 g/mol. The van der Waals surface area contributed by atoms with Gasteiger partial charge in [0.1, 0.15) is 11.4 Å². The Labute approximate surface area is 166 Å². The Kier molecular flexibility index (Phi) is 5.33. The normalized spacial score (nSPS) is 13.9. The summed E-state index contributed by atoms with van der Waals surface area (Å²) in [5.41, 5.74) is 1.84. The summed E-state index contributed by atoms with van der Waals surface area (Å²) in [7, 11) is 1.58. The van der Waals surface area contributed by atoms with E-state index in [0.717, 1.165) is 15.7 Å². The predicted molar refractivity (Wildman–Crippen MR) is 107 cm³/mol. The first-order valence-electron chi connectivity index (χ1n) is 8.75. The van der Waals surface area contributed by atoms with E-state index in [9.17, 15) is 9.59 Å². The highest BCUT2D eigenvalue weighted by Crippen LogP contribution is 2.29. The summed E-state index contributed by atoms with van der Waals surface area (Å²) < 4.78 is 13.5. The molecule has 2 aromatic rings. The highest BCUT2D eigenvalue weighted by atomic mass is 79.9. The molecule has 6 nitrogen and oxygen atoms in total. The van der Waals surface area contributed by atoms with Crippen LogP contribution in [-0.4, -0.2) is 34.8 Å². The molecule has 27 heavy (non-hydrogen) atoms. The van der Waals surface area contributed by atoms with Crippen LogP contribution >= 0.6 is 15.9 Å². The lowest BCUT2D eigenvalue weighted by molar-refractivity contribution is 0.0222. The van der Waals surface area contributed by atoms with Crippen LogP contribution in [0.3, 0.4) is 0 Å². The summed E-state index contributed by atoms with van der Waals surface area (Å²) in [6, 6.07) is 8.87. The second kappa shape index (κ2) is 7.38. The SMILES string of the molecule is COc1cc(Br)ccc1-n1c2c(ccc1=O)CN(C(=O)OC(C)(C)C)CC2. The Morgan fingerprint density at radius 3 is 2.59 bits per heavy atom. The van der Waals surface area contributed by atoms with Crippen LogP contribution in [0.5, 0.6) is 5.75 Å². The van der Waals surface area contributed by atoms with Gasteiger partial charge in [0, 0.05) is 29.2 Å². The van der Waals surface area contributed by atoms with Crippen molar-refractivity contribution >= 4 is 22.0 Å². The molecule has 0 saturated heterocycles. The van der Waals surface area contributed by atoms with Crippen LogP contribution < -0.4 is 10.3 Å². The van der Waals surface area contributed by atoms with E-state index in [0.29, 0.717) is 30.9 Å². The molecule has 0 saturated carbocycles. The summed E-state index contributed by atoms with van der Waals surface area (Å²) in [5.74, 6) is 0.606. The summed E-state index contributed by atoms with van der Waals surface area (Å²) in [4.78, 5) is 26.7. The Bertz CT molecular complexity index is 931. The van der Waals surface area contributed by atoms with E-state index in [4.69, 9.17) is 9.47 Å². The van der Waals surface area contributed by atoms with Gasteiger partial charge in [-0.2, -0.15) is 0 Å². The van der Waals surface area contributed by atoms with Gasteiger partial charge >= 0.3 is 6.09 Å². The van der Waals surface area contributed by atoms with Crippen molar-refractivity contribution in [3.63, 3.8) is 0 Å². The molecule has 1 aromatic heterocycles. The molecule has 2 heterocycles. The number of methoxy groups -OCH3 is 1. The van der Waals surface area contributed by atoms with Gasteiger partial charge in [-0.25, -0.2) is 4.79 Å². The van der Waals surface area contributed by atoms with Crippen molar-refractivity contribution in [1.29, 1.82) is 0 Å². The van der Waals surface area contributed by atoms with Crippen molar-refractivity contribution in [1.82, 2.24) is 9.47 Å². The number of carbonyl (C=O) groups excluding carboxylic acids is 1.